The number of hydrogen-bond donors (Lipinski definition) is 0. The van der Waals surface area contributed by atoms with Crippen LogP contribution < -0.4 is 0 Å². The lowest BCUT2D eigenvalue weighted by Crippen LogP contribution is -1.93. The molecule has 0 aliphatic heterocycles. The van der Waals surface area contributed by atoms with Crippen molar-refractivity contribution in [1.29, 1.82) is 0 Å². The Morgan fingerprint density at radius 1 is 0.190 bits per heavy atom. The van der Waals surface area contributed by atoms with Crippen LogP contribution in [0, 0.1) is 0 Å². The lowest BCUT2D eigenvalue weighted by Gasteiger charge is -2.02. The van der Waals surface area contributed by atoms with Gasteiger partial charge in [0.05, 0.1) is 0 Å². The van der Waals surface area contributed by atoms with E-state index in [-0.39, 0.29) is 5.78 Å². The van der Waals surface area contributed by atoms with Gasteiger partial charge in [0.25, 0.3) is 0 Å². The van der Waals surface area contributed by atoms with Crippen LogP contribution in [-0.4, -0.2) is 5.78 Å². The number of hydrogen-bond acceptors (Lipinski definition) is 1. The number of carbonyl (C=O) groups excluding carboxylic acids is 1. The van der Waals surface area contributed by atoms with Crippen molar-refractivity contribution in [2.24, 2.45) is 0 Å². The first kappa shape index (κ1) is 37.3. The van der Waals surface area contributed by atoms with Crippen molar-refractivity contribution in [3.05, 3.63) is 266 Å². The highest BCUT2D eigenvalue weighted by Gasteiger charge is 2.24. The van der Waals surface area contributed by atoms with E-state index in [1.165, 1.54) is 53.9 Å². The van der Waals surface area contributed by atoms with Crippen LogP contribution in [0.2, 0.25) is 0 Å². The van der Waals surface area contributed by atoms with Crippen LogP contribution in [0.25, 0.3) is 65.0 Å². The Morgan fingerprint density at radius 3 is 0.759 bits per heavy atom. The molecule has 0 amide bonds. The van der Waals surface area contributed by atoms with Crippen LogP contribution in [-0.2, 0) is 0 Å². The highest BCUT2D eigenvalue weighted by Crippen LogP contribution is 2.35. The predicted octanol–water partition coefficient (Wildman–Crippen LogP) is 15.4. The van der Waals surface area contributed by atoms with Crippen molar-refractivity contribution >= 4 is 59.6 Å². The molecule has 1 aliphatic rings. The van der Waals surface area contributed by atoms with Crippen molar-refractivity contribution in [3.63, 3.8) is 0 Å². The maximum absolute atomic E-state index is 11.9. The van der Waals surface area contributed by atoms with Gasteiger partial charge in [0.2, 0.25) is 0 Å². The molecule has 0 N–H and O–H groups in total. The smallest absolute Gasteiger partial charge is 0.194 e. The third-order valence-electron chi connectivity index (χ3n) is 10.2. The second-order valence-corrected chi connectivity index (χ2v) is 14.0. The van der Waals surface area contributed by atoms with Crippen molar-refractivity contribution in [2.45, 2.75) is 0 Å². The summed E-state index contributed by atoms with van der Waals surface area (Å²) in [6, 6.07) is 87.0. The first-order chi connectivity index (χ1) is 28.7. The molecular weight excluding hydrogens is 701 g/mol. The Bertz CT molecular complexity index is 2770. The molecule has 0 radical (unpaired) electrons. The lowest BCUT2D eigenvalue weighted by atomic mass is 10.0. The third-order valence-corrected chi connectivity index (χ3v) is 10.2. The fourth-order valence-corrected chi connectivity index (χ4v) is 7.33. The van der Waals surface area contributed by atoms with Crippen molar-refractivity contribution < 1.29 is 4.79 Å². The van der Waals surface area contributed by atoms with E-state index in [1.807, 2.05) is 84.9 Å². The highest BCUT2D eigenvalue weighted by atomic mass is 16.1. The topological polar surface area (TPSA) is 17.1 Å². The van der Waals surface area contributed by atoms with E-state index >= 15 is 0 Å². The second-order valence-electron chi connectivity index (χ2n) is 14.0. The second kappa shape index (κ2) is 18.3. The Morgan fingerprint density at radius 2 is 0.431 bits per heavy atom. The van der Waals surface area contributed by atoms with Gasteiger partial charge in [0, 0.05) is 11.1 Å². The van der Waals surface area contributed by atoms with E-state index in [9.17, 15) is 4.79 Å². The molecule has 0 atom stereocenters. The number of carbonyl (C=O) groups is 1. The summed E-state index contributed by atoms with van der Waals surface area (Å²) >= 11 is 0. The van der Waals surface area contributed by atoms with Crippen LogP contribution in [0.3, 0.4) is 0 Å². The zero-order valence-corrected chi connectivity index (χ0v) is 32.2. The zero-order valence-electron chi connectivity index (χ0n) is 32.2. The summed E-state index contributed by atoms with van der Waals surface area (Å²) in [6.45, 7) is 0. The monoisotopic (exact) mass is 742 g/mol. The molecule has 276 valence electrons. The van der Waals surface area contributed by atoms with Crippen molar-refractivity contribution in [2.75, 3.05) is 0 Å². The summed E-state index contributed by atoms with van der Waals surface area (Å²) < 4.78 is 0. The van der Waals surface area contributed by atoms with Gasteiger partial charge in [-0.05, 0) is 77.1 Å². The van der Waals surface area contributed by atoms with E-state index in [0.29, 0.717) is 0 Å². The summed E-state index contributed by atoms with van der Waals surface area (Å²) in [7, 11) is 0. The average molecular weight is 743 g/mol. The molecule has 58 heavy (non-hydrogen) atoms. The first-order valence-corrected chi connectivity index (χ1v) is 19.6. The molecule has 0 aromatic heterocycles. The highest BCUT2D eigenvalue weighted by molar-refractivity contribution is 6.21. The fraction of sp³-hybridized carbons (Fsp3) is 0. The van der Waals surface area contributed by atoms with Gasteiger partial charge in [-0.2, -0.15) is 0 Å². The van der Waals surface area contributed by atoms with Gasteiger partial charge in [-0.1, -0.05) is 243 Å². The maximum atomic E-state index is 11.9. The van der Waals surface area contributed by atoms with Crippen LogP contribution in [0.15, 0.2) is 255 Å². The molecular formula is C57H42O. The minimum absolute atomic E-state index is 0.149. The molecule has 0 saturated heterocycles. The Balaban J connectivity index is 0.000000104. The van der Waals surface area contributed by atoms with Crippen LogP contribution in [0.4, 0.5) is 0 Å². The molecule has 0 heterocycles. The van der Waals surface area contributed by atoms with Gasteiger partial charge in [0.15, 0.2) is 5.78 Å². The maximum Gasteiger partial charge on any atom is 0.194 e. The van der Waals surface area contributed by atoms with E-state index < -0.39 is 0 Å². The third kappa shape index (κ3) is 8.76. The molecule has 12 rings (SSSR count). The van der Waals surface area contributed by atoms with Crippen LogP contribution in [0.5, 0.6) is 0 Å². The number of rotatable bonds is 0. The van der Waals surface area contributed by atoms with Crippen LogP contribution >= 0.6 is 0 Å². The minimum Gasteiger partial charge on any atom is -0.289 e. The summed E-state index contributed by atoms with van der Waals surface area (Å²) in [5.74, 6) is 0.149. The molecule has 0 unspecified atom stereocenters. The summed E-state index contributed by atoms with van der Waals surface area (Å²) in [6.07, 6.45) is 0. The lowest BCUT2D eigenvalue weighted by molar-refractivity contribution is 0.104. The summed E-state index contributed by atoms with van der Waals surface area (Å²) in [4.78, 5) is 11.9. The van der Waals surface area contributed by atoms with Crippen molar-refractivity contribution in [3.8, 4) is 11.1 Å². The molecule has 0 bridgehead atoms. The van der Waals surface area contributed by atoms with Crippen LogP contribution in [0.1, 0.15) is 15.9 Å². The number of fused-ring (bicyclic) bond motifs is 9. The van der Waals surface area contributed by atoms with E-state index in [0.717, 1.165) is 22.3 Å². The molecule has 11 aromatic carbocycles. The van der Waals surface area contributed by atoms with Crippen molar-refractivity contribution in [1.82, 2.24) is 0 Å². The van der Waals surface area contributed by atoms with Gasteiger partial charge in [-0.25, -0.2) is 0 Å². The minimum atomic E-state index is 0.149. The molecule has 11 aromatic rings. The van der Waals surface area contributed by atoms with Gasteiger partial charge in [-0.15, -0.1) is 0 Å². The van der Waals surface area contributed by atoms with E-state index in [4.69, 9.17) is 0 Å². The zero-order chi connectivity index (χ0) is 39.4. The molecule has 0 saturated carbocycles. The Hall–Kier alpha value is -7.61. The SMILES string of the molecule is O=C1c2ccccc2-c2ccccc21.c1ccc2c(c1)ccc1ccccc12.c1ccc2cc3ccccc3cc2c1.c1ccc2ccccc2c1.c1ccccc1. The molecule has 1 heteroatoms. The number of ketones is 1. The summed E-state index contributed by atoms with van der Waals surface area (Å²) in [5, 5.41) is 13.2. The predicted molar refractivity (Wildman–Crippen MR) is 249 cm³/mol. The van der Waals surface area contributed by atoms with Gasteiger partial charge in [-0.3, -0.25) is 4.79 Å². The van der Waals surface area contributed by atoms with Gasteiger partial charge < -0.3 is 0 Å². The average Bonchev–Trinajstić information content (AvgIpc) is 3.61. The molecule has 0 spiro atoms. The van der Waals surface area contributed by atoms with E-state index in [2.05, 4.69) is 170 Å². The molecule has 1 aliphatic carbocycles. The van der Waals surface area contributed by atoms with E-state index in [1.54, 1.807) is 0 Å². The molecule has 1 nitrogen and oxygen atoms in total. The normalized spacial score (nSPS) is 10.8. The largest absolute Gasteiger partial charge is 0.289 e. The fourth-order valence-electron chi connectivity index (χ4n) is 7.33. The Labute approximate surface area is 340 Å². The molecule has 0 fully saturated rings. The standard InChI is InChI=1S/2C14H10.C13H8O.C10H8.C6H6/c1-3-7-13-11(5-1)9-10-12-6-2-4-8-14(12)13;1-2-6-12-10-14-8-4-3-7-13(14)9-11(12)5-1;14-13-11-7-3-1-5-9(11)10-6-2-4-8-12(10)13;1-2-6-10-8-4-3-7-9(10)5-1;1-2-4-6-5-3-1/h2*1-10H;1-8H;1-8H;1-6H. The van der Waals surface area contributed by atoms with Gasteiger partial charge >= 0.3 is 0 Å². The quantitative estimate of drug-likeness (QED) is 0.112. The first-order valence-electron chi connectivity index (χ1n) is 19.6. The summed E-state index contributed by atoms with van der Waals surface area (Å²) in [5.41, 5.74) is 3.78. The van der Waals surface area contributed by atoms with Gasteiger partial charge in [0.1, 0.15) is 0 Å². The Kier molecular flexibility index (Phi) is 11.8. The number of benzene rings is 11.